The van der Waals surface area contributed by atoms with Gasteiger partial charge in [0, 0.05) is 6.54 Å². The normalized spacial score (nSPS) is 9.14. The highest BCUT2D eigenvalue weighted by atomic mass is 14.5. The monoisotopic (exact) mass is 193 g/mol. The maximum absolute atomic E-state index is 5.62. The van der Waals surface area contributed by atoms with Crippen LogP contribution in [0.1, 0.15) is 44.7 Å². The fraction of sp³-hybridized carbons (Fsp3) is 0.538. The van der Waals surface area contributed by atoms with E-state index in [0.29, 0.717) is 6.54 Å². The van der Waals surface area contributed by atoms with Crippen molar-refractivity contribution in [1.82, 2.24) is 0 Å². The van der Waals surface area contributed by atoms with Gasteiger partial charge in [0.15, 0.2) is 0 Å². The number of hydrogen-bond donors (Lipinski definition) is 1. The lowest BCUT2D eigenvalue weighted by molar-refractivity contribution is 0.786. The molecule has 1 aromatic rings. The highest BCUT2D eigenvalue weighted by molar-refractivity contribution is 5.26. The van der Waals surface area contributed by atoms with Crippen molar-refractivity contribution in [1.29, 1.82) is 0 Å². The van der Waals surface area contributed by atoms with Crippen molar-refractivity contribution in [2.45, 2.75) is 46.6 Å². The quantitative estimate of drug-likeness (QED) is 0.778. The fourth-order valence-corrected chi connectivity index (χ4v) is 1.37. The maximum Gasteiger partial charge on any atom is 0.0180 e. The molecule has 0 amide bonds. The highest BCUT2D eigenvalue weighted by Crippen LogP contribution is 2.10. The zero-order valence-electron chi connectivity index (χ0n) is 9.72. The van der Waals surface area contributed by atoms with Gasteiger partial charge in [-0.3, -0.25) is 0 Å². The molecule has 0 unspecified atom stereocenters. The molecule has 1 nitrogen and oxygen atoms in total. The van der Waals surface area contributed by atoms with Crippen molar-refractivity contribution in [3.63, 3.8) is 0 Å². The molecule has 14 heavy (non-hydrogen) atoms. The Labute approximate surface area is 88.3 Å². The SMILES string of the molecule is CC.CCCCc1ccccc1CN. The van der Waals surface area contributed by atoms with E-state index in [-0.39, 0.29) is 0 Å². The summed E-state index contributed by atoms with van der Waals surface area (Å²) in [6.07, 6.45) is 3.68. The van der Waals surface area contributed by atoms with Crippen molar-refractivity contribution in [2.24, 2.45) is 5.73 Å². The molecule has 0 aliphatic carbocycles. The van der Waals surface area contributed by atoms with E-state index < -0.39 is 0 Å². The van der Waals surface area contributed by atoms with Crippen LogP contribution in [-0.4, -0.2) is 0 Å². The Balaban J connectivity index is 0.000000791. The van der Waals surface area contributed by atoms with E-state index in [1.54, 1.807) is 0 Å². The van der Waals surface area contributed by atoms with Crippen molar-refractivity contribution < 1.29 is 0 Å². The largest absolute Gasteiger partial charge is 0.326 e. The van der Waals surface area contributed by atoms with Crippen LogP contribution in [0.4, 0.5) is 0 Å². The molecule has 0 heterocycles. The van der Waals surface area contributed by atoms with Gasteiger partial charge in [0.05, 0.1) is 0 Å². The van der Waals surface area contributed by atoms with E-state index in [1.165, 1.54) is 30.4 Å². The lowest BCUT2D eigenvalue weighted by atomic mass is 10.0. The summed E-state index contributed by atoms with van der Waals surface area (Å²) in [5.74, 6) is 0. The van der Waals surface area contributed by atoms with E-state index in [4.69, 9.17) is 5.73 Å². The molecule has 1 aromatic carbocycles. The topological polar surface area (TPSA) is 26.0 Å². The molecule has 80 valence electrons. The molecule has 1 heteroatoms. The Morgan fingerprint density at radius 1 is 1.07 bits per heavy atom. The second kappa shape index (κ2) is 8.76. The average Bonchev–Trinajstić information content (AvgIpc) is 2.29. The van der Waals surface area contributed by atoms with E-state index in [1.807, 2.05) is 13.8 Å². The van der Waals surface area contributed by atoms with Gasteiger partial charge in [-0.1, -0.05) is 51.5 Å². The van der Waals surface area contributed by atoms with Crippen LogP contribution in [0.5, 0.6) is 0 Å². The van der Waals surface area contributed by atoms with Gasteiger partial charge in [0.25, 0.3) is 0 Å². The third-order valence-electron chi connectivity index (χ3n) is 2.14. The van der Waals surface area contributed by atoms with Crippen LogP contribution >= 0.6 is 0 Å². The van der Waals surface area contributed by atoms with Crippen LogP contribution in [0.25, 0.3) is 0 Å². The van der Waals surface area contributed by atoms with Gasteiger partial charge in [-0.25, -0.2) is 0 Å². The van der Waals surface area contributed by atoms with E-state index >= 15 is 0 Å². The summed E-state index contributed by atoms with van der Waals surface area (Å²) >= 11 is 0. The summed E-state index contributed by atoms with van der Waals surface area (Å²) in [4.78, 5) is 0. The Kier molecular flexibility index (Phi) is 8.25. The molecule has 0 bridgehead atoms. The third kappa shape index (κ3) is 4.43. The summed E-state index contributed by atoms with van der Waals surface area (Å²) in [7, 11) is 0. The van der Waals surface area contributed by atoms with Gasteiger partial charge in [0.2, 0.25) is 0 Å². The van der Waals surface area contributed by atoms with Gasteiger partial charge in [-0.05, 0) is 24.0 Å². The molecule has 1 rings (SSSR count). The van der Waals surface area contributed by atoms with Crippen molar-refractivity contribution in [3.05, 3.63) is 35.4 Å². The fourth-order valence-electron chi connectivity index (χ4n) is 1.37. The molecule has 0 fully saturated rings. The number of nitrogens with two attached hydrogens (primary N) is 1. The van der Waals surface area contributed by atoms with E-state index in [0.717, 1.165) is 0 Å². The Bertz CT molecular complexity index is 230. The Morgan fingerprint density at radius 3 is 2.14 bits per heavy atom. The molecular weight excluding hydrogens is 170 g/mol. The first-order chi connectivity index (χ1) is 6.88. The second-order valence-corrected chi connectivity index (χ2v) is 3.08. The van der Waals surface area contributed by atoms with E-state index in [2.05, 4.69) is 31.2 Å². The second-order valence-electron chi connectivity index (χ2n) is 3.08. The Hall–Kier alpha value is -0.820. The molecule has 0 spiro atoms. The van der Waals surface area contributed by atoms with Gasteiger partial charge in [0.1, 0.15) is 0 Å². The summed E-state index contributed by atoms with van der Waals surface area (Å²) in [5.41, 5.74) is 8.34. The minimum Gasteiger partial charge on any atom is -0.326 e. The average molecular weight is 193 g/mol. The van der Waals surface area contributed by atoms with Crippen molar-refractivity contribution in [2.75, 3.05) is 0 Å². The molecule has 0 saturated carbocycles. The van der Waals surface area contributed by atoms with Gasteiger partial charge < -0.3 is 5.73 Å². The van der Waals surface area contributed by atoms with Crippen LogP contribution in [-0.2, 0) is 13.0 Å². The first-order valence-corrected chi connectivity index (χ1v) is 5.65. The van der Waals surface area contributed by atoms with Gasteiger partial charge in [-0.15, -0.1) is 0 Å². The van der Waals surface area contributed by atoms with Gasteiger partial charge >= 0.3 is 0 Å². The number of rotatable bonds is 4. The van der Waals surface area contributed by atoms with Crippen LogP contribution < -0.4 is 5.73 Å². The molecule has 0 aliphatic heterocycles. The zero-order valence-corrected chi connectivity index (χ0v) is 9.72. The van der Waals surface area contributed by atoms with Crippen LogP contribution in [0.3, 0.4) is 0 Å². The highest BCUT2D eigenvalue weighted by Gasteiger charge is 1.97. The smallest absolute Gasteiger partial charge is 0.0180 e. The number of benzene rings is 1. The molecular formula is C13H23N. The van der Waals surface area contributed by atoms with Crippen molar-refractivity contribution >= 4 is 0 Å². The molecule has 0 atom stereocenters. The van der Waals surface area contributed by atoms with Gasteiger partial charge in [-0.2, -0.15) is 0 Å². The van der Waals surface area contributed by atoms with Crippen LogP contribution in [0.2, 0.25) is 0 Å². The van der Waals surface area contributed by atoms with Crippen LogP contribution in [0, 0.1) is 0 Å². The summed E-state index contributed by atoms with van der Waals surface area (Å²) < 4.78 is 0. The summed E-state index contributed by atoms with van der Waals surface area (Å²) in [6.45, 7) is 6.88. The van der Waals surface area contributed by atoms with Crippen molar-refractivity contribution in [3.8, 4) is 0 Å². The molecule has 0 saturated heterocycles. The zero-order chi connectivity index (χ0) is 10.8. The molecule has 0 aliphatic rings. The minimum atomic E-state index is 0.667. The molecule has 2 N–H and O–H groups in total. The first-order valence-electron chi connectivity index (χ1n) is 5.65. The summed E-state index contributed by atoms with van der Waals surface area (Å²) in [5, 5.41) is 0. The predicted molar refractivity (Wildman–Crippen MR) is 64.3 cm³/mol. The summed E-state index contributed by atoms with van der Waals surface area (Å²) in [6, 6.07) is 8.44. The Morgan fingerprint density at radius 2 is 1.64 bits per heavy atom. The van der Waals surface area contributed by atoms with E-state index in [9.17, 15) is 0 Å². The maximum atomic E-state index is 5.62. The standard InChI is InChI=1S/C11H17N.C2H6/c1-2-3-6-10-7-4-5-8-11(10)9-12;1-2/h4-5,7-8H,2-3,6,9,12H2,1H3;1-2H3. The number of hydrogen-bond acceptors (Lipinski definition) is 1. The van der Waals surface area contributed by atoms with Crippen LogP contribution in [0.15, 0.2) is 24.3 Å². The number of unbranched alkanes of at least 4 members (excludes halogenated alkanes) is 1. The third-order valence-corrected chi connectivity index (χ3v) is 2.14. The lowest BCUT2D eigenvalue weighted by Crippen LogP contribution is -2.00. The molecule has 0 radical (unpaired) electrons. The molecule has 0 aromatic heterocycles. The minimum absolute atomic E-state index is 0.667. The number of aryl methyl sites for hydroxylation is 1. The predicted octanol–water partition coefficient (Wildman–Crippen LogP) is 3.51. The lowest BCUT2D eigenvalue weighted by Gasteiger charge is -2.05. The first kappa shape index (κ1) is 13.2.